The van der Waals surface area contributed by atoms with Gasteiger partial charge < -0.3 is 10.4 Å². The molecule has 98 valence electrons. The third-order valence-corrected chi connectivity index (χ3v) is 3.02. The Hall–Kier alpha value is -1.36. The van der Waals surface area contributed by atoms with Crippen LogP contribution in [-0.2, 0) is 9.59 Å². The third-order valence-electron chi connectivity index (χ3n) is 2.49. The first-order valence-corrected chi connectivity index (χ1v) is 6.47. The van der Waals surface area contributed by atoms with Gasteiger partial charge in [-0.15, -0.1) is 0 Å². The number of carbonyl (C=O) groups is 2. The predicted molar refractivity (Wildman–Crippen MR) is 72.1 cm³/mol. The topological polar surface area (TPSA) is 66.4 Å². The van der Waals surface area contributed by atoms with Crippen molar-refractivity contribution in [2.75, 3.05) is 0 Å². The summed E-state index contributed by atoms with van der Waals surface area (Å²) in [6, 6.07) is 6.76. The fourth-order valence-corrected chi connectivity index (χ4v) is 1.72. The minimum absolute atomic E-state index is 0.125. The van der Waals surface area contributed by atoms with Crippen LogP contribution in [-0.4, -0.2) is 17.0 Å². The van der Waals surface area contributed by atoms with Gasteiger partial charge in [0.1, 0.15) is 0 Å². The van der Waals surface area contributed by atoms with Crippen LogP contribution < -0.4 is 5.32 Å². The van der Waals surface area contributed by atoms with E-state index in [9.17, 15) is 9.59 Å². The van der Waals surface area contributed by atoms with Crippen molar-refractivity contribution in [3.8, 4) is 0 Å². The number of halogens is 1. The summed E-state index contributed by atoms with van der Waals surface area (Å²) in [5.41, 5.74) is 0.787. The van der Waals surface area contributed by atoms with Crippen molar-refractivity contribution in [2.45, 2.75) is 26.3 Å². The molecule has 0 spiro atoms. The Labute approximate surface area is 115 Å². The predicted octanol–water partition coefficient (Wildman–Crippen LogP) is 2.74. The van der Waals surface area contributed by atoms with Crippen molar-refractivity contribution >= 4 is 27.8 Å². The molecule has 0 bridgehead atoms. The molecule has 1 unspecified atom stereocenters. The maximum absolute atomic E-state index is 11.7. The molecule has 0 saturated carbocycles. The largest absolute Gasteiger partial charge is 0.481 e. The molecule has 4 nitrogen and oxygen atoms in total. The van der Waals surface area contributed by atoms with Gasteiger partial charge in [-0.1, -0.05) is 41.9 Å². The molecule has 2 N–H and O–H groups in total. The van der Waals surface area contributed by atoms with Crippen LogP contribution >= 0.6 is 15.9 Å². The molecule has 0 heterocycles. The van der Waals surface area contributed by atoms with Crippen molar-refractivity contribution in [2.24, 2.45) is 5.92 Å². The number of amides is 1. The van der Waals surface area contributed by atoms with E-state index < -0.39 is 12.0 Å². The van der Waals surface area contributed by atoms with Crippen LogP contribution in [0.25, 0.3) is 0 Å². The van der Waals surface area contributed by atoms with Crippen molar-refractivity contribution in [1.29, 1.82) is 0 Å². The molecule has 0 aliphatic heterocycles. The summed E-state index contributed by atoms with van der Waals surface area (Å²) in [7, 11) is 0. The van der Waals surface area contributed by atoms with Gasteiger partial charge in [-0.05, 0) is 17.7 Å². The number of hydrogen-bond donors (Lipinski definition) is 2. The summed E-state index contributed by atoms with van der Waals surface area (Å²) < 4.78 is 0.913. The average Bonchev–Trinajstić information content (AvgIpc) is 2.28. The number of carboxylic acids is 1. The highest BCUT2D eigenvalue weighted by molar-refractivity contribution is 9.10. The molecule has 0 aliphatic carbocycles. The van der Waals surface area contributed by atoms with E-state index in [1.165, 1.54) is 0 Å². The Bertz CT molecular complexity index is 428. The van der Waals surface area contributed by atoms with Crippen LogP contribution in [0.2, 0.25) is 0 Å². The van der Waals surface area contributed by atoms with Crippen LogP contribution in [0.4, 0.5) is 0 Å². The van der Waals surface area contributed by atoms with E-state index in [2.05, 4.69) is 21.2 Å². The highest BCUT2D eigenvalue weighted by Crippen LogP contribution is 2.20. The van der Waals surface area contributed by atoms with E-state index in [4.69, 9.17) is 5.11 Å². The second-order valence-electron chi connectivity index (χ2n) is 4.37. The standard InChI is InChI=1S/C13H16BrNO3/c1-8(2)13(18)15-11(7-12(16)17)9-3-5-10(14)6-4-9/h3-6,8,11H,7H2,1-2H3,(H,15,18)(H,16,17). The average molecular weight is 314 g/mol. The number of carboxylic acid groups (broad SMARTS) is 1. The van der Waals surface area contributed by atoms with Gasteiger partial charge in [0.25, 0.3) is 0 Å². The number of hydrogen-bond acceptors (Lipinski definition) is 2. The number of carbonyl (C=O) groups excluding carboxylic acids is 1. The quantitative estimate of drug-likeness (QED) is 0.878. The summed E-state index contributed by atoms with van der Waals surface area (Å²) in [6.45, 7) is 3.55. The van der Waals surface area contributed by atoms with Crippen molar-refractivity contribution < 1.29 is 14.7 Å². The van der Waals surface area contributed by atoms with E-state index in [0.29, 0.717) is 0 Å². The molecule has 5 heteroatoms. The molecule has 0 aromatic heterocycles. The molecular weight excluding hydrogens is 298 g/mol. The van der Waals surface area contributed by atoms with Gasteiger partial charge >= 0.3 is 5.97 Å². The highest BCUT2D eigenvalue weighted by Gasteiger charge is 2.19. The number of benzene rings is 1. The summed E-state index contributed by atoms with van der Waals surface area (Å²) in [4.78, 5) is 22.5. The van der Waals surface area contributed by atoms with Crippen LogP contribution in [0.5, 0.6) is 0 Å². The zero-order chi connectivity index (χ0) is 13.7. The van der Waals surface area contributed by atoms with E-state index >= 15 is 0 Å². The molecule has 1 aromatic carbocycles. The lowest BCUT2D eigenvalue weighted by molar-refractivity contribution is -0.137. The van der Waals surface area contributed by atoms with Crippen molar-refractivity contribution in [3.63, 3.8) is 0 Å². The lowest BCUT2D eigenvalue weighted by Gasteiger charge is -2.19. The molecule has 18 heavy (non-hydrogen) atoms. The van der Waals surface area contributed by atoms with Crippen molar-refractivity contribution in [3.05, 3.63) is 34.3 Å². The zero-order valence-electron chi connectivity index (χ0n) is 10.3. The summed E-state index contributed by atoms with van der Waals surface area (Å²) in [6.07, 6.45) is -0.125. The van der Waals surface area contributed by atoms with Gasteiger partial charge in [-0.3, -0.25) is 9.59 Å². The SMILES string of the molecule is CC(C)C(=O)NC(CC(=O)O)c1ccc(Br)cc1. The maximum Gasteiger partial charge on any atom is 0.305 e. The Morgan fingerprint density at radius 2 is 1.83 bits per heavy atom. The van der Waals surface area contributed by atoms with Gasteiger partial charge in [0, 0.05) is 10.4 Å². The Morgan fingerprint density at radius 3 is 2.28 bits per heavy atom. The van der Waals surface area contributed by atoms with E-state index in [1.54, 1.807) is 26.0 Å². The fourth-order valence-electron chi connectivity index (χ4n) is 1.46. The Kier molecular flexibility index (Phi) is 5.34. The van der Waals surface area contributed by atoms with E-state index in [-0.39, 0.29) is 18.2 Å². The molecule has 0 aliphatic rings. The van der Waals surface area contributed by atoms with Gasteiger partial charge in [-0.25, -0.2) is 0 Å². The second kappa shape index (κ2) is 6.54. The Balaban J connectivity index is 2.87. The summed E-state index contributed by atoms with van der Waals surface area (Å²) in [5.74, 6) is -1.26. The van der Waals surface area contributed by atoms with Gasteiger partial charge in [0.2, 0.25) is 5.91 Å². The summed E-state index contributed by atoms with van der Waals surface area (Å²) >= 11 is 3.32. The lowest BCUT2D eigenvalue weighted by atomic mass is 10.0. The highest BCUT2D eigenvalue weighted by atomic mass is 79.9. The van der Waals surface area contributed by atoms with Gasteiger partial charge in [-0.2, -0.15) is 0 Å². The van der Waals surface area contributed by atoms with Crippen LogP contribution in [0.15, 0.2) is 28.7 Å². The Morgan fingerprint density at radius 1 is 1.28 bits per heavy atom. The molecule has 1 aromatic rings. The first kappa shape index (κ1) is 14.7. The molecule has 1 amide bonds. The van der Waals surface area contributed by atoms with Gasteiger partial charge in [0.05, 0.1) is 12.5 Å². The molecule has 0 saturated heterocycles. The van der Waals surface area contributed by atoms with Gasteiger partial charge in [0.15, 0.2) is 0 Å². The minimum atomic E-state index is -0.938. The third kappa shape index (κ3) is 4.49. The van der Waals surface area contributed by atoms with E-state index in [1.807, 2.05) is 12.1 Å². The summed E-state index contributed by atoms with van der Waals surface area (Å²) in [5, 5.41) is 11.6. The van der Waals surface area contributed by atoms with E-state index in [0.717, 1.165) is 10.0 Å². The first-order valence-electron chi connectivity index (χ1n) is 5.67. The monoisotopic (exact) mass is 313 g/mol. The number of rotatable bonds is 5. The molecule has 1 rings (SSSR count). The smallest absolute Gasteiger partial charge is 0.305 e. The lowest BCUT2D eigenvalue weighted by Crippen LogP contribution is -2.33. The minimum Gasteiger partial charge on any atom is -0.481 e. The molecule has 1 atom stereocenters. The van der Waals surface area contributed by atoms with Crippen LogP contribution in [0.1, 0.15) is 31.9 Å². The number of aliphatic carboxylic acids is 1. The van der Waals surface area contributed by atoms with Crippen LogP contribution in [0, 0.1) is 5.92 Å². The molecular formula is C13H16BrNO3. The second-order valence-corrected chi connectivity index (χ2v) is 5.28. The normalized spacial score (nSPS) is 12.2. The zero-order valence-corrected chi connectivity index (χ0v) is 11.9. The molecule has 0 radical (unpaired) electrons. The maximum atomic E-state index is 11.7. The first-order chi connectivity index (χ1) is 8.40. The fraction of sp³-hybridized carbons (Fsp3) is 0.385. The van der Waals surface area contributed by atoms with Crippen molar-refractivity contribution in [1.82, 2.24) is 5.32 Å². The molecule has 0 fully saturated rings. The number of nitrogens with one attached hydrogen (secondary N) is 1. The van der Waals surface area contributed by atoms with Crippen LogP contribution in [0.3, 0.4) is 0 Å².